The second-order valence-corrected chi connectivity index (χ2v) is 3.18. The van der Waals surface area contributed by atoms with E-state index in [2.05, 4.69) is 6.92 Å². The quantitative estimate of drug-likeness (QED) is 0.782. The van der Waals surface area contributed by atoms with Gasteiger partial charge in [0, 0.05) is 12.2 Å². The highest BCUT2D eigenvalue weighted by molar-refractivity contribution is 5.90. The molecule has 1 rings (SSSR count). The fourth-order valence-corrected chi connectivity index (χ4v) is 1.29. The summed E-state index contributed by atoms with van der Waals surface area (Å²) in [6.07, 6.45) is 2.02. The molecule has 0 bridgehead atoms. The number of hydrogen-bond donors (Lipinski definition) is 1. The Balaban J connectivity index is 2.73. The summed E-state index contributed by atoms with van der Waals surface area (Å²) in [5, 5.41) is 0. The molecule has 3 heteroatoms. The van der Waals surface area contributed by atoms with Crippen LogP contribution in [0.15, 0.2) is 30.3 Å². The molecule has 0 heterocycles. The molecular formula is C11H16N2O. The van der Waals surface area contributed by atoms with Crippen molar-refractivity contribution in [3.05, 3.63) is 30.3 Å². The third-order valence-electron chi connectivity index (χ3n) is 2.07. The van der Waals surface area contributed by atoms with Gasteiger partial charge in [-0.1, -0.05) is 31.5 Å². The zero-order valence-electron chi connectivity index (χ0n) is 8.44. The van der Waals surface area contributed by atoms with Crippen LogP contribution in [0.2, 0.25) is 0 Å². The predicted molar refractivity (Wildman–Crippen MR) is 58.3 cm³/mol. The average Bonchev–Trinajstić information content (AvgIpc) is 2.19. The molecule has 0 saturated carbocycles. The van der Waals surface area contributed by atoms with E-state index in [4.69, 9.17) is 5.73 Å². The topological polar surface area (TPSA) is 46.3 Å². The van der Waals surface area contributed by atoms with Gasteiger partial charge in [0.05, 0.1) is 0 Å². The predicted octanol–water partition coefficient (Wildman–Crippen LogP) is 2.37. The lowest BCUT2D eigenvalue weighted by Gasteiger charge is -2.19. The highest BCUT2D eigenvalue weighted by Crippen LogP contribution is 2.13. The number of unbranched alkanes of at least 4 members (excludes halogenated alkanes) is 1. The number of benzene rings is 1. The highest BCUT2D eigenvalue weighted by atomic mass is 16.2. The zero-order valence-corrected chi connectivity index (χ0v) is 8.44. The van der Waals surface area contributed by atoms with Crippen LogP contribution in [0.4, 0.5) is 10.5 Å². The lowest BCUT2D eigenvalue weighted by Crippen LogP contribution is -2.36. The van der Waals surface area contributed by atoms with Crippen molar-refractivity contribution in [2.45, 2.75) is 19.8 Å². The maximum absolute atomic E-state index is 11.2. The molecule has 76 valence electrons. The number of carbonyl (C=O) groups is 1. The lowest BCUT2D eigenvalue weighted by atomic mass is 10.2. The highest BCUT2D eigenvalue weighted by Gasteiger charge is 2.09. The van der Waals surface area contributed by atoms with E-state index >= 15 is 0 Å². The first-order valence-corrected chi connectivity index (χ1v) is 4.87. The van der Waals surface area contributed by atoms with Crippen LogP contribution in [-0.2, 0) is 0 Å². The molecule has 14 heavy (non-hydrogen) atoms. The minimum atomic E-state index is -0.385. The summed E-state index contributed by atoms with van der Waals surface area (Å²) in [7, 11) is 0. The van der Waals surface area contributed by atoms with Crippen LogP contribution in [0.1, 0.15) is 19.8 Å². The van der Waals surface area contributed by atoms with E-state index in [1.165, 1.54) is 0 Å². The summed E-state index contributed by atoms with van der Waals surface area (Å²) < 4.78 is 0. The molecule has 0 radical (unpaired) electrons. The Morgan fingerprint density at radius 2 is 2.00 bits per heavy atom. The van der Waals surface area contributed by atoms with Gasteiger partial charge in [0.25, 0.3) is 0 Å². The Kier molecular flexibility index (Phi) is 3.98. The average molecular weight is 192 g/mol. The van der Waals surface area contributed by atoms with Gasteiger partial charge in [0.2, 0.25) is 0 Å². The molecule has 2 N–H and O–H groups in total. The SMILES string of the molecule is CCCCN(C(N)=O)c1ccccc1. The molecule has 0 fully saturated rings. The largest absolute Gasteiger partial charge is 0.351 e. The van der Waals surface area contributed by atoms with E-state index in [-0.39, 0.29) is 6.03 Å². The van der Waals surface area contributed by atoms with Gasteiger partial charge in [0.1, 0.15) is 0 Å². The third-order valence-corrected chi connectivity index (χ3v) is 2.07. The van der Waals surface area contributed by atoms with Gasteiger partial charge < -0.3 is 5.73 Å². The number of hydrogen-bond acceptors (Lipinski definition) is 1. The van der Waals surface area contributed by atoms with Gasteiger partial charge >= 0.3 is 6.03 Å². The molecule has 0 atom stereocenters. The maximum Gasteiger partial charge on any atom is 0.319 e. The van der Waals surface area contributed by atoms with Crippen LogP contribution in [-0.4, -0.2) is 12.6 Å². The van der Waals surface area contributed by atoms with Crippen molar-refractivity contribution in [2.24, 2.45) is 5.73 Å². The molecule has 0 aromatic heterocycles. The van der Waals surface area contributed by atoms with E-state index in [0.29, 0.717) is 6.54 Å². The smallest absolute Gasteiger partial charge is 0.319 e. The number of urea groups is 1. The number of amides is 2. The van der Waals surface area contributed by atoms with Crippen molar-refractivity contribution in [2.75, 3.05) is 11.4 Å². The summed E-state index contributed by atoms with van der Waals surface area (Å²) >= 11 is 0. The second-order valence-electron chi connectivity index (χ2n) is 3.18. The Morgan fingerprint density at radius 3 is 2.50 bits per heavy atom. The Labute approximate surface area is 84.5 Å². The van der Waals surface area contributed by atoms with E-state index in [0.717, 1.165) is 18.5 Å². The van der Waals surface area contributed by atoms with Gasteiger partial charge in [-0.25, -0.2) is 4.79 Å². The molecule has 1 aromatic carbocycles. The Morgan fingerprint density at radius 1 is 1.36 bits per heavy atom. The van der Waals surface area contributed by atoms with Gasteiger partial charge in [-0.15, -0.1) is 0 Å². The normalized spacial score (nSPS) is 9.79. The van der Waals surface area contributed by atoms with E-state index in [1.54, 1.807) is 4.90 Å². The van der Waals surface area contributed by atoms with E-state index < -0.39 is 0 Å². The molecule has 0 aliphatic rings. The van der Waals surface area contributed by atoms with Crippen LogP contribution >= 0.6 is 0 Å². The van der Waals surface area contributed by atoms with Gasteiger partial charge in [-0.05, 0) is 18.6 Å². The number of rotatable bonds is 4. The number of para-hydroxylation sites is 1. The van der Waals surface area contributed by atoms with Crippen LogP contribution in [0, 0.1) is 0 Å². The number of primary amides is 1. The standard InChI is InChI=1S/C11H16N2O/c1-2-3-9-13(11(12)14)10-7-5-4-6-8-10/h4-8H,2-3,9H2,1H3,(H2,12,14). The first kappa shape index (κ1) is 10.6. The van der Waals surface area contributed by atoms with Crippen molar-refractivity contribution in [3.63, 3.8) is 0 Å². The summed E-state index contributed by atoms with van der Waals surface area (Å²) in [6, 6.07) is 9.11. The van der Waals surface area contributed by atoms with Crippen molar-refractivity contribution >= 4 is 11.7 Å². The monoisotopic (exact) mass is 192 g/mol. The van der Waals surface area contributed by atoms with Crippen molar-refractivity contribution in [1.29, 1.82) is 0 Å². The molecule has 0 saturated heterocycles. The molecule has 0 spiro atoms. The van der Waals surface area contributed by atoms with Crippen molar-refractivity contribution in [1.82, 2.24) is 0 Å². The Hall–Kier alpha value is -1.51. The third kappa shape index (κ3) is 2.76. The van der Waals surface area contributed by atoms with Gasteiger partial charge in [-0.3, -0.25) is 4.90 Å². The van der Waals surface area contributed by atoms with Crippen molar-refractivity contribution < 1.29 is 4.79 Å². The molecular weight excluding hydrogens is 176 g/mol. The van der Waals surface area contributed by atoms with E-state index in [1.807, 2.05) is 30.3 Å². The van der Waals surface area contributed by atoms with Gasteiger partial charge in [-0.2, -0.15) is 0 Å². The van der Waals surface area contributed by atoms with Gasteiger partial charge in [0.15, 0.2) is 0 Å². The molecule has 0 aliphatic carbocycles. The number of carbonyl (C=O) groups excluding carboxylic acids is 1. The lowest BCUT2D eigenvalue weighted by molar-refractivity contribution is 0.254. The zero-order chi connectivity index (χ0) is 10.4. The fourth-order valence-electron chi connectivity index (χ4n) is 1.29. The summed E-state index contributed by atoms with van der Waals surface area (Å²) in [5.41, 5.74) is 6.17. The summed E-state index contributed by atoms with van der Waals surface area (Å²) in [4.78, 5) is 12.8. The molecule has 2 amide bonds. The minimum Gasteiger partial charge on any atom is -0.351 e. The summed E-state index contributed by atoms with van der Waals surface area (Å²) in [5.74, 6) is 0. The van der Waals surface area contributed by atoms with E-state index in [9.17, 15) is 4.79 Å². The first-order chi connectivity index (χ1) is 6.75. The number of nitrogens with zero attached hydrogens (tertiary/aromatic N) is 1. The molecule has 3 nitrogen and oxygen atoms in total. The molecule has 0 unspecified atom stereocenters. The maximum atomic E-state index is 11.2. The summed E-state index contributed by atoms with van der Waals surface area (Å²) in [6.45, 7) is 2.78. The number of nitrogens with two attached hydrogens (primary N) is 1. The Bertz CT molecular complexity index is 285. The second kappa shape index (κ2) is 5.27. The first-order valence-electron chi connectivity index (χ1n) is 4.87. The fraction of sp³-hybridized carbons (Fsp3) is 0.364. The molecule has 1 aromatic rings. The van der Waals surface area contributed by atoms with Crippen LogP contribution in [0.5, 0.6) is 0 Å². The van der Waals surface area contributed by atoms with Crippen LogP contribution < -0.4 is 10.6 Å². The number of anilines is 1. The molecule has 0 aliphatic heterocycles. The van der Waals surface area contributed by atoms with Crippen LogP contribution in [0.3, 0.4) is 0 Å². The van der Waals surface area contributed by atoms with Crippen molar-refractivity contribution in [3.8, 4) is 0 Å². The minimum absolute atomic E-state index is 0.385. The van der Waals surface area contributed by atoms with Crippen LogP contribution in [0.25, 0.3) is 0 Å².